The van der Waals surface area contributed by atoms with E-state index in [1.807, 2.05) is 10.3 Å². The van der Waals surface area contributed by atoms with Crippen molar-refractivity contribution in [2.24, 2.45) is 0 Å². The van der Waals surface area contributed by atoms with Gasteiger partial charge in [0.2, 0.25) is 5.91 Å². The first kappa shape index (κ1) is 27.3. The van der Waals surface area contributed by atoms with Crippen LogP contribution in [0.4, 0.5) is 11.4 Å². The molecule has 1 fully saturated rings. The van der Waals surface area contributed by atoms with E-state index in [2.05, 4.69) is 18.3 Å². The molecule has 38 heavy (non-hydrogen) atoms. The molecule has 4 rings (SSSR count). The van der Waals surface area contributed by atoms with Gasteiger partial charge in [-0.1, -0.05) is 0 Å². The van der Waals surface area contributed by atoms with E-state index >= 15 is 0 Å². The Bertz CT molecular complexity index is 1320. The lowest BCUT2D eigenvalue weighted by Crippen LogP contribution is -2.39. The molecule has 8 nitrogen and oxygen atoms in total. The first-order valence-corrected chi connectivity index (χ1v) is 13.5. The van der Waals surface area contributed by atoms with E-state index in [9.17, 15) is 14.4 Å². The van der Waals surface area contributed by atoms with Crippen molar-refractivity contribution in [3.8, 4) is 5.75 Å². The Morgan fingerprint density at radius 3 is 2.39 bits per heavy atom. The molecule has 3 aromatic rings. The van der Waals surface area contributed by atoms with E-state index in [0.29, 0.717) is 40.8 Å². The number of benzene rings is 2. The number of rotatable bonds is 10. The summed E-state index contributed by atoms with van der Waals surface area (Å²) in [6.45, 7) is 4.55. The summed E-state index contributed by atoms with van der Waals surface area (Å²) in [6.07, 6.45) is 0.634. The number of thiophene rings is 1. The molecule has 0 aliphatic carbocycles. The number of thiocarbonyl (C=S) groups is 1. The second-order valence-electron chi connectivity index (χ2n) is 8.69. The summed E-state index contributed by atoms with van der Waals surface area (Å²) in [5.41, 5.74) is 2.71. The van der Waals surface area contributed by atoms with Crippen LogP contribution in [-0.4, -0.2) is 54.1 Å². The number of carbonyl (C=O) groups excluding carboxylic acids is 3. The molecule has 198 valence electrons. The number of hydrogen-bond acceptors (Lipinski definition) is 7. The fourth-order valence-electron chi connectivity index (χ4n) is 4.23. The number of nitrogens with one attached hydrogen (secondary N) is 1. The minimum absolute atomic E-state index is 0.0637. The van der Waals surface area contributed by atoms with Crippen LogP contribution in [0.25, 0.3) is 0 Å². The lowest BCUT2D eigenvalue weighted by Gasteiger charge is -2.24. The highest BCUT2D eigenvalue weighted by molar-refractivity contribution is 7.80. The molecule has 1 aromatic heterocycles. The number of ether oxygens (including phenoxy) is 2. The number of nitrogens with zero attached hydrogens (tertiary/aromatic N) is 2. The second-order valence-corrected chi connectivity index (χ2v) is 10.1. The van der Waals surface area contributed by atoms with Crippen molar-refractivity contribution >= 4 is 57.8 Å². The first-order valence-electron chi connectivity index (χ1n) is 12.2. The highest BCUT2D eigenvalue weighted by Gasteiger charge is 2.44. The number of carbonyl (C=O) groups is 3. The van der Waals surface area contributed by atoms with Crippen LogP contribution in [0.2, 0.25) is 0 Å². The predicted molar refractivity (Wildman–Crippen MR) is 152 cm³/mol. The van der Waals surface area contributed by atoms with Gasteiger partial charge < -0.3 is 19.7 Å². The minimum atomic E-state index is -0.759. The monoisotopic (exact) mass is 551 g/mol. The van der Waals surface area contributed by atoms with Crippen LogP contribution < -0.4 is 15.0 Å². The van der Waals surface area contributed by atoms with Gasteiger partial charge in [0.15, 0.2) is 5.11 Å². The van der Waals surface area contributed by atoms with Crippen molar-refractivity contribution in [2.75, 3.05) is 30.5 Å². The molecule has 1 saturated heterocycles. The Labute approximate surface area is 231 Å². The van der Waals surface area contributed by atoms with E-state index in [1.165, 1.54) is 15.3 Å². The van der Waals surface area contributed by atoms with Gasteiger partial charge in [-0.3, -0.25) is 14.5 Å². The molecular weight excluding hydrogens is 522 g/mol. The van der Waals surface area contributed by atoms with Crippen LogP contribution >= 0.6 is 23.6 Å². The molecule has 2 heterocycles. The summed E-state index contributed by atoms with van der Waals surface area (Å²) in [6, 6.07) is 14.8. The molecule has 1 atom stereocenters. The number of amides is 2. The molecule has 0 radical (unpaired) electrons. The maximum Gasteiger partial charge on any atom is 0.338 e. The van der Waals surface area contributed by atoms with Gasteiger partial charge in [0.05, 0.1) is 31.4 Å². The van der Waals surface area contributed by atoms with Gasteiger partial charge in [-0.05, 0) is 98.0 Å². The van der Waals surface area contributed by atoms with Gasteiger partial charge >= 0.3 is 5.97 Å². The number of hydrogen-bond donors (Lipinski definition) is 1. The summed E-state index contributed by atoms with van der Waals surface area (Å²) in [7, 11) is 1.57. The Morgan fingerprint density at radius 2 is 1.79 bits per heavy atom. The molecule has 1 aliphatic heterocycles. The molecule has 2 amide bonds. The van der Waals surface area contributed by atoms with Crippen LogP contribution in [-0.2, 0) is 20.7 Å². The van der Waals surface area contributed by atoms with Gasteiger partial charge in [0, 0.05) is 17.1 Å². The standard InChI is InChI=1S/C28H29N3O5S2/c1-4-36-27(34)19-5-9-21(10-6-19)31-26(33)23(17-25(32)29-20-7-11-22(35-3)12-8-20)30(28(31)37)15-13-24-18(2)14-16-38-24/h5-12,14,16,23H,4,13,15,17H2,1-3H3,(H,29,32)/t23-/m0/s1. The zero-order chi connectivity index (χ0) is 27.2. The molecule has 10 heteroatoms. The molecule has 1 aliphatic rings. The number of anilines is 2. The lowest BCUT2D eigenvalue weighted by molar-refractivity contribution is -0.124. The Hall–Kier alpha value is -3.76. The van der Waals surface area contributed by atoms with Gasteiger partial charge in [-0.15, -0.1) is 11.3 Å². The van der Waals surface area contributed by atoms with Crippen LogP contribution in [0.1, 0.15) is 34.1 Å². The fraction of sp³-hybridized carbons (Fsp3) is 0.286. The summed E-state index contributed by atoms with van der Waals surface area (Å²) in [5.74, 6) is -0.339. The van der Waals surface area contributed by atoms with E-state index in [0.717, 1.165) is 0 Å². The quantitative estimate of drug-likeness (QED) is 0.286. The third-order valence-corrected chi connectivity index (χ3v) is 7.76. The highest BCUT2D eigenvalue weighted by Crippen LogP contribution is 2.29. The second kappa shape index (κ2) is 12.2. The fourth-order valence-corrected chi connectivity index (χ4v) is 5.54. The van der Waals surface area contributed by atoms with Crippen molar-refractivity contribution in [1.82, 2.24) is 4.90 Å². The van der Waals surface area contributed by atoms with Crippen LogP contribution in [0.3, 0.4) is 0 Å². The first-order chi connectivity index (χ1) is 18.3. The average Bonchev–Trinajstić information content (AvgIpc) is 3.42. The largest absolute Gasteiger partial charge is 0.497 e. The average molecular weight is 552 g/mol. The van der Waals surface area contributed by atoms with E-state index in [4.69, 9.17) is 21.7 Å². The maximum absolute atomic E-state index is 13.7. The molecule has 2 aromatic carbocycles. The van der Waals surface area contributed by atoms with Crippen molar-refractivity contribution in [2.45, 2.75) is 32.7 Å². The van der Waals surface area contributed by atoms with E-state index < -0.39 is 12.0 Å². The molecule has 0 spiro atoms. The Kier molecular flexibility index (Phi) is 8.75. The predicted octanol–water partition coefficient (Wildman–Crippen LogP) is 4.82. The Balaban J connectivity index is 1.55. The minimum Gasteiger partial charge on any atom is -0.497 e. The molecule has 1 N–H and O–H groups in total. The van der Waals surface area contributed by atoms with E-state index in [-0.39, 0.29) is 24.8 Å². The number of methoxy groups -OCH3 is 1. The summed E-state index contributed by atoms with van der Waals surface area (Å²) < 4.78 is 10.2. The zero-order valence-corrected chi connectivity index (χ0v) is 23.1. The van der Waals surface area contributed by atoms with Gasteiger partial charge in [0.25, 0.3) is 5.91 Å². The van der Waals surface area contributed by atoms with Gasteiger partial charge in [-0.2, -0.15) is 0 Å². The topological polar surface area (TPSA) is 88.2 Å². The molecule has 0 saturated carbocycles. The lowest BCUT2D eigenvalue weighted by atomic mass is 10.1. The summed E-state index contributed by atoms with van der Waals surface area (Å²) in [5, 5.41) is 5.22. The Morgan fingerprint density at radius 1 is 1.08 bits per heavy atom. The van der Waals surface area contributed by atoms with Gasteiger partial charge in [0.1, 0.15) is 11.8 Å². The summed E-state index contributed by atoms with van der Waals surface area (Å²) in [4.78, 5) is 43.2. The third-order valence-electron chi connectivity index (χ3n) is 6.26. The van der Waals surface area contributed by atoms with E-state index in [1.54, 1.807) is 73.9 Å². The molecule has 0 unspecified atom stereocenters. The van der Waals surface area contributed by atoms with Crippen molar-refractivity contribution < 1.29 is 23.9 Å². The van der Waals surface area contributed by atoms with Crippen LogP contribution in [0, 0.1) is 6.92 Å². The molecule has 0 bridgehead atoms. The SMILES string of the molecule is CCOC(=O)c1ccc(N2C(=O)[C@H](CC(=O)Nc3ccc(OC)cc3)N(CCc3sccc3C)C2=S)cc1. The highest BCUT2D eigenvalue weighted by atomic mass is 32.1. The number of aryl methyl sites for hydroxylation is 1. The van der Waals surface area contributed by atoms with Crippen molar-refractivity contribution in [3.63, 3.8) is 0 Å². The van der Waals surface area contributed by atoms with Crippen LogP contribution in [0.5, 0.6) is 5.75 Å². The van der Waals surface area contributed by atoms with Crippen molar-refractivity contribution in [1.29, 1.82) is 0 Å². The van der Waals surface area contributed by atoms with Gasteiger partial charge in [-0.25, -0.2) is 4.79 Å². The third kappa shape index (κ3) is 6.03. The zero-order valence-electron chi connectivity index (χ0n) is 21.4. The molecular formula is C28H29N3O5S2. The smallest absolute Gasteiger partial charge is 0.338 e. The maximum atomic E-state index is 13.7. The van der Waals surface area contributed by atoms with Crippen molar-refractivity contribution in [3.05, 3.63) is 76.0 Å². The summed E-state index contributed by atoms with van der Waals surface area (Å²) >= 11 is 7.42. The number of esters is 1. The normalized spacial score (nSPS) is 15.1. The van der Waals surface area contributed by atoms with Crippen LogP contribution in [0.15, 0.2) is 60.0 Å².